The third-order valence-electron chi connectivity index (χ3n) is 2.41. The summed E-state index contributed by atoms with van der Waals surface area (Å²) in [7, 11) is -3.00. The molecule has 1 amide bonds. The third-order valence-corrected chi connectivity index (χ3v) is 4.58. The van der Waals surface area contributed by atoms with Crippen molar-refractivity contribution < 1.29 is 18.0 Å². The van der Waals surface area contributed by atoms with Gasteiger partial charge in [-0.15, -0.1) is 0 Å². The van der Waals surface area contributed by atoms with Crippen LogP contribution in [-0.4, -0.2) is 43.6 Å². The summed E-state index contributed by atoms with van der Waals surface area (Å²) in [5.74, 6) is 0.208. The lowest BCUT2D eigenvalue weighted by molar-refractivity contribution is -0.113. The number of sulfone groups is 1. The van der Waals surface area contributed by atoms with Crippen molar-refractivity contribution in [3.8, 4) is 0 Å². The molecule has 1 N–H and O–H groups in total. The molecule has 0 heterocycles. The number of anilines is 1. The lowest BCUT2D eigenvalue weighted by Crippen LogP contribution is -2.17. The van der Waals surface area contributed by atoms with E-state index in [1.54, 1.807) is 24.3 Å². The third kappa shape index (κ3) is 6.21. The highest BCUT2D eigenvalue weighted by molar-refractivity contribution is 8.01. The maximum absolute atomic E-state index is 11.7. The molecule has 0 fully saturated rings. The van der Waals surface area contributed by atoms with Crippen LogP contribution in [0.1, 0.15) is 17.3 Å². The van der Waals surface area contributed by atoms with Gasteiger partial charge in [-0.1, -0.05) is 12.1 Å². The molecule has 0 saturated heterocycles. The minimum absolute atomic E-state index is 0.0506. The Labute approximate surface area is 123 Å². The first kappa shape index (κ1) is 16.7. The van der Waals surface area contributed by atoms with Crippen LogP contribution >= 0.6 is 11.8 Å². The first-order chi connectivity index (χ1) is 9.29. The molecule has 0 radical (unpaired) electrons. The maximum atomic E-state index is 11.7. The summed E-state index contributed by atoms with van der Waals surface area (Å²) in [6.07, 6.45) is 1.16. The van der Waals surface area contributed by atoms with Gasteiger partial charge in [0, 0.05) is 17.6 Å². The summed E-state index contributed by atoms with van der Waals surface area (Å²) in [6, 6.07) is 6.77. The van der Waals surface area contributed by atoms with Crippen molar-refractivity contribution in [3.63, 3.8) is 0 Å². The maximum Gasteiger partial charge on any atom is 0.234 e. The van der Waals surface area contributed by atoms with Gasteiger partial charge in [0.1, 0.15) is 9.84 Å². The number of para-hydroxylation sites is 1. The van der Waals surface area contributed by atoms with Crippen LogP contribution in [0.3, 0.4) is 0 Å². The standard InChI is InChI=1S/C13H17NO4S2/c1-10(15)11-5-3-4-6-12(11)14-13(16)9-19-7-8-20(2,17)18/h3-6H,7-9H2,1-2H3,(H,14,16). The molecule has 0 aliphatic rings. The number of hydrogen-bond acceptors (Lipinski definition) is 5. The van der Waals surface area contributed by atoms with Crippen LogP contribution in [0.5, 0.6) is 0 Å². The highest BCUT2D eigenvalue weighted by Gasteiger charge is 2.10. The predicted octanol–water partition coefficient (Wildman–Crippen LogP) is 1.61. The summed E-state index contributed by atoms with van der Waals surface area (Å²) >= 11 is 1.25. The van der Waals surface area contributed by atoms with Gasteiger partial charge in [-0.25, -0.2) is 8.42 Å². The number of ketones is 1. The van der Waals surface area contributed by atoms with Crippen molar-refractivity contribution in [3.05, 3.63) is 29.8 Å². The van der Waals surface area contributed by atoms with Gasteiger partial charge in [0.15, 0.2) is 5.78 Å². The fourth-order valence-electron chi connectivity index (χ4n) is 1.46. The zero-order chi connectivity index (χ0) is 15.2. The zero-order valence-electron chi connectivity index (χ0n) is 11.4. The van der Waals surface area contributed by atoms with Gasteiger partial charge >= 0.3 is 0 Å². The molecule has 0 spiro atoms. The van der Waals surface area contributed by atoms with E-state index in [1.807, 2.05) is 0 Å². The minimum Gasteiger partial charge on any atom is -0.325 e. The molecule has 110 valence electrons. The Morgan fingerprint density at radius 2 is 1.90 bits per heavy atom. The quantitative estimate of drug-likeness (QED) is 0.611. The Balaban J connectivity index is 2.49. The van der Waals surface area contributed by atoms with Crippen molar-refractivity contribution in [2.24, 2.45) is 0 Å². The van der Waals surface area contributed by atoms with E-state index in [1.165, 1.54) is 18.7 Å². The van der Waals surface area contributed by atoms with Crippen molar-refractivity contribution in [1.29, 1.82) is 0 Å². The van der Waals surface area contributed by atoms with Gasteiger partial charge in [0.25, 0.3) is 0 Å². The largest absolute Gasteiger partial charge is 0.325 e. The van der Waals surface area contributed by atoms with Crippen LogP contribution in [0.15, 0.2) is 24.3 Å². The van der Waals surface area contributed by atoms with E-state index in [4.69, 9.17) is 0 Å². The SMILES string of the molecule is CC(=O)c1ccccc1NC(=O)CSCCS(C)(=O)=O. The van der Waals surface area contributed by atoms with Gasteiger partial charge in [-0.05, 0) is 19.1 Å². The van der Waals surface area contributed by atoms with Crippen LogP contribution in [0, 0.1) is 0 Å². The molecule has 0 atom stereocenters. The molecule has 0 saturated carbocycles. The summed E-state index contributed by atoms with van der Waals surface area (Å²) in [4.78, 5) is 23.1. The van der Waals surface area contributed by atoms with E-state index in [0.717, 1.165) is 6.26 Å². The topological polar surface area (TPSA) is 80.3 Å². The summed E-state index contributed by atoms with van der Waals surface area (Å²) in [5, 5.41) is 2.66. The van der Waals surface area contributed by atoms with Crippen LogP contribution < -0.4 is 5.32 Å². The lowest BCUT2D eigenvalue weighted by Gasteiger charge is -2.08. The average molecular weight is 315 g/mol. The number of benzene rings is 1. The van der Waals surface area contributed by atoms with Crippen LogP contribution in [0.25, 0.3) is 0 Å². The first-order valence-corrected chi connectivity index (χ1v) is 9.16. The fraction of sp³-hybridized carbons (Fsp3) is 0.385. The van der Waals surface area contributed by atoms with Crippen LogP contribution in [0.4, 0.5) is 5.69 Å². The Morgan fingerprint density at radius 3 is 2.50 bits per heavy atom. The summed E-state index contributed by atoms with van der Waals surface area (Å²) in [5.41, 5.74) is 0.940. The zero-order valence-corrected chi connectivity index (χ0v) is 13.0. The number of carbonyl (C=O) groups is 2. The highest BCUT2D eigenvalue weighted by atomic mass is 32.2. The number of amides is 1. The van der Waals surface area contributed by atoms with E-state index in [2.05, 4.69) is 5.32 Å². The minimum atomic E-state index is -3.00. The van der Waals surface area contributed by atoms with Crippen LogP contribution in [0.2, 0.25) is 0 Å². The van der Waals surface area contributed by atoms with E-state index in [-0.39, 0.29) is 23.2 Å². The molecule has 20 heavy (non-hydrogen) atoms. The van der Waals surface area contributed by atoms with E-state index < -0.39 is 9.84 Å². The lowest BCUT2D eigenvalue weighted by atomic mass is 10.1. The van der Waals surface area contributed by atoms with E-state index in [9.17, 15) is 18.0 Å². The van der Waals surface area contributed by atoms with Gasteiger partial charge in [0.05, 0.1) is 17.2 Å². The van der Waals surface area contributed by atoms with Gasteiger partial charge < -0.3 is 5.32 Å². The number of thioether (sulfide) groups is 1. The number of nitrogens with one attached hydrogen (secondary N) is 1. The summed E-state index contributed by atoms with van der Waals surface area (Å²) in [6.45, 7) is 1.44. The second-order valence-corrected chi connectivity index (χ2v) is 7.70. The van der Waals surface area contributed by atoms with E-state index >= 15 is 0 Å². The smallest absolute Gasteiger partial charge is 0.234 e. The molecule has 1 aromatic carbocycles. The highest BCUT2D eigenvalue weighted by Crippen LogP contribution is 2.16. The molecule has 0 bridgehead atoms. The molecule has 0 unspecified atom stereocenters. The Kier molecular flexibility index (Phi) is 6.22. The normalized spacial score (nSPS) is 11.1. The Bertz CT molecular complexity index is 596. The second-order valence-electron chi connectivity index (χ2n) is 4.33. The fourth-order valence-corrected chi connectivity index (χ4v) is 3.54. The predicted molar refractivity (Wildman–Crippen MR) is 82.1 cm³/mol. The van der Waals surface area contributed by atoms with Gasteiger partial charge in [-0.2, -0.15) is 11.8 Å². The van der Waals surface area contributed by atoms with Crippen molar-refractivity contribution in [2.75, 3.05) is 28.8 Å². The molecule has 0 aliphatic carbocycles. The number of hydrogen-bond donors (Lipinski definition) is 1. The molecule has 0 aromatic heterocycles. The molecular formula is C13H17NO4S2. The number of carbonyl (C=O) groups excluding carboxylic acids is 2. The second kappa shape index (κ2) is 7.44. The van der Waals surface area contributed by atoms with Crippen molar-refractivity contribution in [2.45, 2.75) is 6.92 Å². The molecule has 0 aliphatic heterocycles. The first-order valence-electron chi connectivity index (χ1n) is 5.95. The number of Topliss-reactive ketones (excluding diaryl/α,β-unsaturated/α-hetero) is 1. The molecule has 1 aromatic rings. The van der Waals surface area contributed by atoms with Crippen molar-refractivity contribution in [1.82, 2.24) is 0 Å². The molecule has 1 rings (SSSR count). The molecule has 5 nitrogen and oxygen atoms in total. The van der Waals surface area contributed by atoms with Gasteiger partial charge in [-0.3, -0.25) is 9.59 Å². The summed E-state index contributed by atoms with van der Waals surface area (Å²) < 4.78 is 21.9. The van der Waals surface area contributed by atoms with E-state index in [0.29, 0.717) is 17.0 Å². The average Bonchev–Trinajstić information content (AvgIpc) is 2.34. The number of rotatable bonds is 7. The Morgan fingerprint density at radius 1 is 1.25 bits per heavy atom. The van der Waals surface area contributed by atoms with Gasteiger partial charge in [0.2, 0.25) is 5.91 Å². The van der Waals surface area contributed by atoms with Crippen molar-refractivity contribution >= 4 is 39.0 Å². The monoisotopic (exact) mass is 315 g/mol. The molecular weight excluding hydrogens is 298 g/mol. The Hall–Kier alpha value is -1.34. The molecule has 7 heteroatoms. The van der Waals surface area contributed by atoms with Crippen LogP contribution in [-0.2, 0) is 14.6 Å².